The van der Waals surface area contributed by atoms with E-state index in [1.165, 1.54) is 51.4 Å². The van der Waals surface area contributed by atoms with Gasteiger partial charge in [0, 0.05) is 22.3 Å². The largest absolute Gasteiger partial charge is 0.493 e. The van der Waals surface area contributed by atoms with E-state index in [0.717, 1.165) is 69.6 Å². The van der Waals surface area contributed by atoms with Crippen LogP contribution in [0.4, 0.5) is 0 Å². The van der Waals surface area contributed by atoms with Crippen LogP contribution in [0.25, 0.3) is 0 Å². The summed E-state index contributed by atoms with van der Waals surface area (Å²) in [6.45, 7) is 2.76. The lowest BCUT2D eigenvalue weighted by molar-refractivity contribution is 0.201. The van der Waals surface area contributed by atoms with Crippen molar-refractivity contribution < 1.29 is 28.4 Å². The summed E-state index contributed by atoms with van der Waals surface area (Å²) >= 11 is 0. The van der Waals surface area contributed by atoms with Crippen molar-refractivity contribution in [3.05, 3.63) is 70.8 Å². The molecule has 3 aliphatic heterocycles. The molecule has 0 unspecified atom stereocenters. The van der Waals surface area contributed by atoms with E-state index in [1.54, 1.807) is 0 Å². The Balaban J connectivity index is 1.41. The fourth-order valence-corrected chi connectivity index (χ4v) is 5.82. The predicted molar refractivity (Wildman–Crippen MR) is 154 cm³/mol. The first-order valence-electron chi connectivity index (χ1n) is 15.0. The summed E-state index contributed by atoms with van der Waals surface area (Å²) in [6, 6.07) is 15.7. The number of hydrogen-bond donors (Lipinski definition) is 0. The highest BCUT2D eigenvalue weighted by atomic mass is 16.5. The SMILES string of the molecule is c1ccc2c(c1)OCc1c(c3c4c(c1OCCCCCCCCCCCCO3)COc1ccccc1OC4)CO2. The zero-order chi connectivity index (χ0) is 27.0. The molecule has 0 spiro atoms. The summed E-state index contributed by atoms with van der Waals surface area (Å²) in [5.74, 6) is 4.58. The third kappa shape index (κ3) is 6.11. The fourth-order valence-electron chi connectivity index (χ4n) is 5.82. The first kappa shape index (κ1) is 26.7. The Hall–Kier alpha value is -3.54. The molecule has 0 amide bonds. The van der Waals surface area contributed by atoms with Gasteiger partial charge in [-0.3, -0.25) is 0 Å². The number of ether oxygens (including phenoxy) is 6. The maximum Gasteiger partial charge on any atom is 0.161 e. The van der Waals surface area contributed by atoms with E-state index in [-0.39, 0.29) is 0 Å². The second-order valence-corrected chi connectivity index (χ2v) is 10.9. The molecule has 0 aromatic heterocycles. The van der Waals surface area contributed by atoms with Crippen LogP contribution in [0.15, 0.2) is 48.5 Å². The van der Waals surface area contributed by atoms with E-state index < -0.39 is 0 Å². The normalized spacial score (nSPS) is 18.1. The lowest BCUT2D eigenvalue weighted by Gasteiger charge is -2.29. The van der Waals surface area contributed by atoms with Crippen molar-refractivity contribution in [1.29, 1.82) is 0 Å². The zero-order valence-electron chi connectivity index (χ0n) is 23.4. The summed E-state index contributed by atoms with van der Waals surface area (Å²) in [4.78, 5) is 0. The molecule has 2 bridgehead atoms. The molecule has 212 valence electrons. The Morgan fingerprint density at radius 3 is 0.900 bits per heavy atom. The zero-order valence-corrected chi connectivity index (χ0v) is 23.4. The monoisotopic (exact) mass is 544 g/mol. The van der Waals surface area contributed by atoms with Crippen molar-refractivity contribution in [3.63, 3.8) is 0 Å². The van der Waals surface area contributed by atoms with E-state index in [2.05, 4.69) is 0 Å². The smallest absolute Gasteiger partial charge is 0.161 e. The van der Waals surface area contributed by atoms with Gasteiger partial charge in [-0.05, 0) is 37.1 Å². The Bertz CT molecular complexity index is 1110. The van der Waals surface area contributed by atoms with Crippen LogP contribution in [0.5, 0.6) is 34.5 Å². The molecular formula is C34H40O6. The molecule has 0 radical (unpaired) electrons. The molecule has 3 aliphatic rings. The van der Waals surface area contributed by atoms with Crippen LogP contribution in [-0.2, 0) is 26.4 Å². The van der Waals surface area contributed by atoms with Gasteiger partial charge in [-0.25, -0.2) is 0 Å². The average Bonchev–Trinajstić information content (AvgIpc) is 2.96. The van der Waals surface area contributed by atoms with Crippen molar-refractivity contribution in [1.82, 2.24) is 0 Å². The number of rotatable bonds is 0. The molecule has 6 heteroatoms. The van der Waals surface area contributed by atoms with Gasteiger partial charge in [0.2, 0.25) is 0 Å². The molecule has 3 heterocycles. The average molecular weight is 545 g/mol. The minimum Gasteiger partial charge on any atom is -0.493 e. The predicted octanol–water partition coefficient (Wildman–Crippen LogP) is 8.30. The molecule has 6 rings (SSSR count). The van der Waals surface area contributed by atoms with Gasteiger partial charge in [0.15, 0.2) is 23.0 Å². The van der Waals surface area contributed by atoms with E-state index >= 15 is 0 Å². The van der Waals surface area contributed by atoms with Crippen molar-refractivity contribution in [2.24, 2.45) is 0 Å². The summed E-state index contributed by atoms with van der Waals surface area (Å²) < 4.78 is 38.6. The Morgan fingerprint density at radius 2 is 0.600 bits per heavy atom. The van der Waals surface area contributed by atoms with Gasteiger partial charge in [0.25, 0.3) is 0 Å². The molecule has 3 aromatic carbocycles. The topological polar surface area (TPSA) is 55.4 Å². The second-order valence-electron chi connectivity index (χ2n) is 10.9. The van der Waals surface area contributed by atoms with Crippen LogP contribution in [0.2, 0.25) is 0 Å². The van der Waals surface area contributed by atoms with E-state index in [0.29, 0.717) is 39.6 Å². The highest BCUT2D eigenvalue weighted by Gasteiger charge is 2.30. The van der Waals surface area contributed by atoms with Crippen LogP contribution in [0.1, 0.15) is 86.5 Å². The molecule has 3 aromatic rings. The summed E-state index contributed by atoms with van der Waals surface area (Å²) in [5, 5.41) is 0. The van der Waals surface area contributed by atoms with Crippen LogP contribution >= 0.6 is 0 Å². The van der Waals surface area contributed by atoms with Gasteiger partial charge in [-0.2, -0.15) is 0 Å². The van der Waals surface area contributed by atoms with Crippen LogP contribution in [0.3, 0.4) is 0 Å². The molecule has 0 aliphatic carbocycles. The van der Waals surface area contributed by atoms with Crippen molar-refractivity contribution >= 4 is 0 Å². The first-order valence-corrected chi connectivity index (χ1v) is 15.0. The van der Waals surface area contributed by atoms with Crippen LogP contribution in [-0.4, -0.2) is 13.2 Å². The number of fused-ring (bicyclic) bond motifs is 5. The summed E-state index contributed by atoms with van der Waals surface area (Å²) in [5.41, 5.74) is 3.90. The van der Waals surface area contributed by atoms with Crippen molar-refractivity contribution in [2.45, 2.75) is 90.6 Å². The van der Waals surface area contributed by atoms with Gasteiger partial charge in [-0.15, -0.1) is 0 Å². The third-order valence-corrected chi connectivity index (χ3v) is 8.04. The number of benzene rings is 3. The molecule has 6 nitrogen and oxygen atoms in total. The highest BCUT2D eigenvalue weighted by molar-refractivity contribution is 5.60. The molecular weight excluding hydrogens is 504 g/mol. The van der Waals surface area contributed by atoms with Crippen molar-refractivity contribution in [3.8, 4) is 34.5 Å². The number of para-hydroxylation sites is 4. The quantitative estimate of drug-likeness (QED) is 0.284. The van der Waals surface area contributed by atoms with Crippen LogP contribution in [0, 0.1) is 0 Å². The van der Waals surface area contributed by atoms with Gasteiger partial charge < -0.3 is 28.4 Å². The Morgan fingerprint density at radius 1 is 0.325 bits per heavy atom. The van der Waals surface area contributed by atoms with E-state index in [4.69, 9.17) is 28.4 Å². The molecule has 0 atom stereocenters. The fraction of sp³-hybridized carbons (Fsp3) is 0.471. The second kappa shape index (κ2) is 13.2. The lowest BCUT2D eigenvalue weighted by Crippen LogP contribution is -2.20. The Labute approximate surface area is 237 Å². The third-order valence-electron chi connectivity index (χ3n) is 8.04. The van der Waals surface area contributed by atoms with E-state index in [1.807, 2.05) is 48.5 Å². The van der Waals surface area contributed by atoms with Crippen molar-refractivity contribution in [2.75, 3.05) is 13.2 Å². The standard InChI is InChI=1S/C34H40O6/c1-2-4-6-8-14-20-36-34-27-23-39-31-17-11-9-15-29(31)37-21-25(27)33(35-19-13-7-5-3-1)26-22-38-30-16-10-12-18-32(30)40-24-28(26)34/h9-12,15-18H,1-8,13-14,19-24H2. The lowest BCUT2D eigenvalue weighted by atomic mass is 9.95. The Kier molecular flexibility index (Phi) is 8.81. The summed E-state index contributed by atoms with van der Waals surface area (Å²) in [6.07, 6.45) is 12.2. The van der Waals surface area contributed by atoms with Gasteiger partial charge in [0.05, 0.1) is 13.2 Å². The molecule has 0 saturated heterocycles. The first-order chi connectivity index (χ1) is 19.9. The molecule has 0 N–H and O–H groups in total. The minimum atomic E-state index is 0.367. The highest BCUT2D eigenvalue weighted by Crippen LogP contribution is 2.45. The minimum absolute atomic E-state index is 0.367. The number of hydrogen-bond acceptors (Lipinski definition) is 6. The maximum absolute atomic E-state index is 6.64. The van der Waals surface area contributed by atoms with Crippen LogP contribution < -0.4 is 28.4 Å². The van der Waals surface area contributed by atoms with Gasteiger partial charge >= 0.3 is 0 Å². The van der Waals surface area contributed by atoms with Gasteiger partial charge in [0.1, 0.15) is 37.9 Å². The van der Waals surface area contributed by atoms with E-state index in [9.17, 15) is 0 Å². The molecule has 0 saturated carbocycles. The maximum atomic E-state index is 6.64. The summed E-state index contributed by atoms with van der Waals surface area (Å²) in [7, 11) is 0. The molecule has 40 heavy (non-hydrogen) atoms. The van der Waals surface area contributed by atoms with Gasteiger partial charge in [-0.1, -0.05) is 75.6 Å². The molecule has 0 fully saturated rings.